The Morgan fingerprint density at radius 1 is 1.33 bits per heavy atom. The van der Waals surface area contributed by atoms with Gasteiger partial charge in [-0.2, -0.15) is 0 Å². The maximum absolute atomic E-state index is 13.4. The number of anilines is 1. The normalized spacial score (nSPS) is 11.6. The minimum absolute atomic E-state index is 0.0471. The third-order valence-electron chi connectivity index (χ3n) is 2.60. The second-order valence-corrected chi connectivity index (χ2v) is 4.60. The highest BCUT2D eigenvalue weighted by Crippen LogP contribution is 2.27. The van der Waals surface area contributed by atoms with Crippen LogP contribution in [0.2, 0.25) is 0 Å². The highest BCUT2D eigenvalue weighted by atomic mass is 19.1. The highest BCUT2D eigenvalue weighted by molar-refractivity contribution is 5.50. The molecule has 0 aliphatic heterocycles. The van der Waals surface area contributed by atoms with E-state index in [9.17, 15) is 9.50 Å². The third kappa shape index (κ3) is 2.48. The maximum atomic E-state index is 13.4. The lowest BCUT2D eigenvalue weighted by atomic mass is 9.85. The standard InChI is InChI=1S/C12H18FNO/c1-12(2,8-15)9-5-6-10(13)11(7-9)14(3)4/h5-7,15H,8H2,1-4H3. The number of aliphatic hydroxyl groups excluding tert-OH is 1. The van der Waals surface area contributed by atoms with E-state index in [4.69, 9.17) is 0 Å². The molecule has 84 valence electrons. The van der Waals surface area contributed by atoms with E-state index in [1.54, 1.807) is 31.1 Å². The van der Waals surface area contributed by atoms with Crippen molar-refractivity contribution in [2.24, 2.45) is 0 Å². The van der Waals surface area contributed by atoms with Crippen molar-refractivity contribution >= 4 is 5.69 Å². The molecule has 1 aromatic rings. The number of hydrogen-bond acceptors (Lipinski definition) is 2. The van der Waals surface area contributed by atoms with Gasteiger partial charge in [0.15, 0.2) is 0 Å². The fourth-order valence-corrected chi connectivity index (χ4v) is 1.37. The number of benzene rings is 1. The highest BCUT2D eigenvalue weighted by Gasteiger charge is 2.20. The van der Waals surface area contributed by atoms with Crippen molar-refractivity contribution in [3.63, 3.8) is 0 Å². The van der Waals surface area contributed by atoms with Gasteiger partial charge < -0.3 is 10.0 Å². The largest absolute Gasteiger partial charge is 0.395 e. The first-order chi connectivity index (χ1) is 6.88. The van der Waals surface area contributed by atoms with E-state index in [1.807, 2.05) is 13.8 Å². The molecule has 2 nitrogen and oxygen atoms in total. The van der Waals surface area contributed by atoms with E-state index in [0.717, 1.165) is 5.56 Å². The van der Waals surface area contributed by atoms with Gasteiger partial charge in [0.25, 0.3) is 0 Å². The van der Waals surface area contributed by atoms with Crippen molar-refractivity contribution in [1.82, 2.24) is 0 Å². The Kier molecular flexibility index (Phi) is 3.35. The summed E-state index contributed by atoms with van der Waals surface area (Å²) in [5.74, 6) is -0.238. The average Bonchev–Trinajstić information content (AvgIpc) is 2.17. The van der Waals surface area contributed by atoms with E-state index in [2.05, 4.69) is 0 Å². The van der Waals surface area contributed by atoms with Crippen LogP contribution in [0.5, 0.6) is 0 Å². The topological polar surface area (TPSA) is 23.5 Å². The summed E-state index contributed by atoms with van der Waals surface area (Å²) in [6, 6.07) is 4.95. The summed E-state index contributed by atoms with van der Waals surface area (Å²) in [4.78, 5) is 1.73. The van der Waals surface area contributed by atoms with Crippen LogP contribution >= 0.6 is 0 Å². The zero-order valence-electron chi connectivity index (χ0n) is 9.71. The van der Waals surface area contributed by atoms with Crippen molar-refractivity contribution in [1.29, 1.82) is 0 Å². The second kappa shape index (κ2) is 4.19. The molecular formula is C12H18FNO. The van der Waals surface area contributed by atoms with Gasteiger partial charge in [0.2, 0.25) is 0 Å². The molecule has 0 aliphatic rings. The predicted molar refractivity (Wildman–Crippen MR) is 60.8 cm³/mol. The van der Waals surface area contributed by atoms with Crippen LogP contribution in [0.15, 0.2) is 18.2 Å². The maximum Gasteiger partial charge on any atom is 0.146 e. The van der Waals surface area contributed by atoms with Gasteiger partial charge in [-0.1, -0.05) is 19.9 Å². The summed E-state index contributed by atoms with van der Waals surface area (Å²) in [5.41, 5.74) is 1.16. The monoisotopic (exact) mass is 211 g/mol. The molecule has 0 heterocycles. The first-order valence-electron chi connectivity index (χ1n) is 4.96. The minimum Gasteiger partial charge on any atom is -0.395 e. The van der Waals surface area contributed by atoms with E-state index in [1.165, 1.54) is 6.07 Å². The van der Waals surface area contributed by atoms with Gasteiger partial charge in [-0.25, -0.2) is 4.39 Å². The average molecular weight is 211 g/mol. The minimum atomic E-state index is -0.335. The lowest BCUT2D eigenvalue weighted by Crippen LogP contribution is -2.23. The Labute approximate surface area is 90.3 Å². The zero-order chi connectivity index (χ0) is 11.6. The number of hydrogen-bond donors (Lipinski definition) is 1. The Balaban J connectivity index is 3.19. The first-order valence-corrected chi connectivity index (χ1v) is 4.96. The third-order valence-corrected chi connectivity index (χ3v) is 2.60. The molecule has 0 saturated heterocycles. The van der Waals surface area contributed by atoms with Crippen LogP contribution in [0, 0.1) is 5.82 Å². The van der Waals surface area contributed by atoms with Gasteiger partial charge in [-0.05, 0) is 17.7 Å². The molecule has 0 unspecified atom stereocenters. The molecule has 1 rings (SSSR count). The van der Waals surface area contributed by atoms with Gasteiger partial charge in [-0.3, -0.25) is 0 Å². The molecule has 1 N–H and O–H groups in total. The Bertz CT molecular complexity index is 347. The van der Waals surface area contributed by atoms with Crippen LogP contribution in [0.4, 0.5) is 10.1 Å². The smallest absolute Gasteiger partial charge is 0.146 e. The molecule has 0 amide bonds. The zero-order valence-corrected chi connectivity index (χ0v) is 9.71. The van der Waals surface area contributed by atoms with Crippen LogP contribution in [0.3, 0.4) is 0 Å². The van der Waals surface area contributed by atoms with Gasteiger partial charge in [0.1, 0.15) is 5.82 Å². The Morgan fingerprint density at radius 2 is 1.93 bits per heavy atom. The van der Waals surface area contributed by atoms with Crippen LogP contribution in [-0.4, -0.2) is 25.8 Å². The number of aliphatic hydroxyl groups is 1. The number of rotatable bonds is 3. The molecule has 0 aromatic heterocycles. The molecule has 3 heteroatoms. The summed E-state index contributed by atoms with van der Waals surface area (Å²) in [6.45, 7) is 3.91. The van der Waals surface area contributed by atoms with E-state index >= 15 is 0 Å². The SMILES string of the molecule is CN(C)c1cc(C(C)(C)CO)ccc1F. The van der Waals surface area contributed by atoms with Crippen LogP contribution < -0.4 is 4.90 Å². The fourth-order valence-electron chi connectivity index (χ4n) is 1.37. The van der Waals surface area contributed by atoms with Gasteiger partial charge >= 0.3 is 0 Å². The lowest BCUT2D eigenvalue weighted by molar-refractivity contribution is 0.218. The first kappa shape index (κ1) is 12.0. The molecule has 0 saturated carbocycles. The van der Waals surface area contributed by atoms with Crippen LogP contribution in [0.25, 0.3) is 0 Å². The van der Waals surface area contributed by atoms with Crippen molar-refractivity contribution < 1.29 is 9.50 Å². The molecule has 15 heavy (non-hydrogen) atoms. The summed E-state index contributed by atoms with van der Waals surface area (Å²) in [5, 5.41) is 9.24. The molecule has 0 bridgehead atoms. The molecule has 0 fully saturated rings. The molecule has 0 radical (unpaired) electrons. The second-order valence-electron chi connectivity index (χ2n) is 4.60. The van der Waals surface area contributed by atoms with Crippen molar-refractivity contribution in [2.45, 2.75) is 19.3 Å². The molecule has 0 atom stereocenters. The number of nitrogens with zero attached hydrogens (tertiary/aromatic N) is 1. The summed E-state index contributed by atoms with van der Waals surface area (Å²) < 4.78 is 13.4. The quantitative estimate of drug-likeness (QED) is 0.828. The van der Waals surface area contributed by atoms with Gasteiger partial charge in [-0.15, -0.1) is 0 Å². The lowest BCUT2D eigenvalue weighted by Gasteiger charge is -2.24. The molecule has 0 spiro atoms. The molecule has 1 aromatic carbocycles. The summed E-state index contributed by atoms with van der Waals surface area (Å²) >= 11 is 0. The van der Waals surface area contributed by atoms with Crippen molar-refractivity contribution in [3.8, 4) is 0 Å². The van der Waals surface area contributed by atoms with Gasteiger partial charge in [0.05, 0.1) is 12.3 Å². The summed E-state index contributed by atoms with van der Waals surface area (Å²) in [7, 11) is 3.60. The molecule has 0 aliphatic carbocycles. The molecular weight excluding hydrogens is 193 g/mol. The van der Waals surface area contributed by atoms with E-state index < -0.39 is 0 Å². The van der Waals surface area contributed by atoms with E-state index in [-0.39, 0.29) is 17.8 Å². The number of halogens is 1. The van der Waals surface area contributed by atoms with Gasteiger partial charge in [0, 0.05) is 19.5 Å². The predicted octanol–water partition coefficient (Wildman–Crippen LogP) is 2.16. The Hall–Kier alpha value is -1.09. The Morgan fingerprint density at radius 3 is 2.40 bits per heavy atom. The fraction of sp³-hybridized carbons (Fsp3) is 0.500. The van der Waals surface area contributed by atoms with Crippen molar-refractivity contribution in [2.75, 3.05) is 25.6 Å². The van der Waals surface area contributed by atoms with Crippen molar-refractivity contribution in [3.05, 3.63) is 29.6 Å². The summed E-state index contributed by atoms with van der Waals surface area (Å²) in [6.07, 6.45) is 0. The van der Waals surface area contributed by atoms with Crippen LogP contribution in [-0.2, 0) is 5.41 Å². The van der Waals surface area contributed by atoms with E-state index in [0.29, 0.717) is 5.69 Å². The van der Waals surface area contributed by atoms with Crippen LogP contribution in [0.1, 0.15) is 19.4 Å².